The highest BCUT2D eigenvalue weighted by Crippen LogP contribution is 2.15. The van der Waals surface area contributed by atoms with Gasteiger partial charge in [-0.2, -0.15) is 0 Å². The number of carbonyl (C=O) groups is 1. The van der Waals surface area contributed by atoms with E-state index in [1.807, 2.05) is 0 Å². The third kappa shape index (κ3) is 35.7. The molecule has 258 valence electrons. The van der Waals surface area contributed by atoms with Gasteiger partial charge in [0.05, 0.1) is 6.61 Å². The summed E-state index contributed by atoms with van der Waals surface area (Å²) in [7, 11) is 0. The lowest BCUT2D eigenvalue weighted by molar-refractivity contribution is -0.154. The molecule has 0 saturated heterocycles. The van der Waals surface area contributed by atoms with E-state index >= 15 is 0 Å². The molecule has 0 amide bonds. The molecule has 0 rings (SSSR count). The van der Waals surface area contributed by atoms with Crippen molar-refractivity contribution in [2.24, 2.45) is 0 Å². The quantitative estimate of drug-likeness (QED) is 0.0706. The number of rotatable bonds is 38. The Hall–Kier alpha value is -0.610. The Morgan fingerprint density at radius 3 is 0.953 bits per heavy atom. The van der Waals surface area contributed by atoms with Crippen LogP contribution in [0.25, 0.3) is 0 Å². The zero-order valence-electron chi connectivity index (χ0n) is 29.5. The predicted octanol–water partition coefficient (Wildman–Crippen LogP) is 13.0. The normalized spacial score (nSPS) is 12.2. The second kappa shape index (κ2) is 37.6. The maximum atomic E-state index is 11.5. The van der Waals surface area contributed by atoms with Gasteiger partial charge in [-0.25, -0.2) is 4.79 Å². The second-order valence-electron chi connectivity index (χ2n) is 13.4. The molecule has 4 nitrogen and oxygen atoms in total. The molecule has 0 saturated carbocycles. The lowest BCUT2D eigenvalue weighted by Crippen LogP contribution is -2.29. The van der Waals surface area contributed by atoms with E-state index in [0.717, 1.165) is 19.3 Å². The number of aliphatic carboxylic acids is 1. The third-order valence-corrected chi connectivity index (χ3v) is 9.00. The van der Waals surface area contributed by atoms with Crippen LogP contribution in [0.1, 0.15) is 219 Å². The van der Waals surface area contributed by atoms with E-state index in [0.29, 0.717) is 13.2 Å². The third-order valence-electron chi connectivity index (χ3n) is 9.00. The maximum absolute atomic E-state index is 11.5. The number of unbranched alkanes of at least 4 members (excludes halogenated alkanes) is 30. The van der Waals surface area contributed by atoms with Crippen LogP contribution in [0, 0.1) is 0 Å². The van der Waals surface area contributed by atoms with Crippen molar-refractivity contribution in [2.75, 3.05) is 19.8 Å². The minimum absolute atomic E-state index is 0.174. The molecule has 0 unspecified atom stereocenters. The van der Waals surface area contributed by atoms with Gasteiger partial charge in [0.2, 0.25) is 0 Å². The molecule has 0 radical (unpaired) electrons. The fourth-order valence-corrected chi connectivity index (χ4v) is 6.01. The Kier molecular flexibility index (Phi) is 37.0. The average Bonchev–Trinajstić information content (AvgIpc) is 3.00. The highest BCUT2D eigenvalue weighted by Gasteiger charge is 2.17. The van der Waals surface area contributed by atoms with E-state index in [1.54, 1.807) is 0 Å². The van der Waals surface area contributed by atoms with Gasteiger partial charge in [0.15, 0.2) is 6.10 Å². The number of carboxylic acids is 1. The van der Waals surface area contributed by atoms with Crippen LogP contribution in [0.15, 0.2) is 0 Å². The molecular formula is C39H78O4. The SMILES string of the molecule is CCCCCCCCCCCCCCCCCCOC[C@@H](OCCCCCCCCCCCCCCCCCC)C(=O)O. The molecule has 0 aromatic rings. The summed E-state index contributed by atoms with van der Waals surface area (Å²) in [6.07, 6.45) is 42.2. The van der Waals surface area contributed by atoms with E-state index in [-0.39, 0.29) is 6.61 Å². The first kappa shape index (κ1) is 42.4. The van der Waals surface area contributed by atoms with Crippen molar-refractivity contribution in [1.82, 2.24) is 0 Å². The van der Waals surface area contributed by atoms with E-state index in [1.165, 1.54) is 186 Å². The molecule has 0 aliphatic rings. The van der Waals surface area contributed by atoms with Gasteiger partial charge in [-0.15, -0.1) is 0 Å². The van der Waals surface area contributed by atoms with Crippen LogP contribution in [0.5, 0.6) is 0 Å². The van der Waals surface area contributed by atoms with Crippen molar-refractivity contribution in [2.45, 2.75) is 225 Å². The van der Waals surface area contributed by atoms with Crippen LogP contribution in [0.2, 0.25) is 0 Å². The first-order chi connectivity index (χ1) is 21.2. The van der Waals surface area contributed by atoms with E-state index in [2.05, 4.69) is 13.8 Å². The van der Waals surface area contributed by atoms with E-state index in [9.17, 15) is 9.90 Å². The van der Waals surface area contributed by atoms with Crippen molar-refractivity contribution in [3.05, 3.63) is 0 Å². The Morgan fingerprint density at radius 1 is 0.419 bits per heavy atom. The highest BCUT2D eigenvalue weighted by atomic mass is 16.5. The summed E-state index contributed by atoms with van der Waals surface area (Å²) in [5.41, 5.74) is 0. The summed E-state index contributed by atoms with van der Waals surface area (Å²) >= 11 is 0. The largest absolute Gasteiger partial charge is 0.479 e. The molecule has 0 aliphatic carbocycles. The maximum Gasteiger partial charge on any atom is 0.335 e. The molecule has 0 aromatic carbocycles. The van der Waals surface area contributed by atoms with Crippen LogP contribution >= 0.6 is 0 Å². The molecule has 43 heavy (non-hydrogen) atoms. The first-order valence-electron chi connectivity index (χ1n) is 19.6. The van der Waals surface area contributed by atoms with Gasteiger partial charge in [-0.3, -0.25) is 0 Å². The topological polar surface area (TPSA) is 55.8 Å². The minimum Gasteiger partial charge on any atom is -0.479 e. The molecule has 0 aromatic heterocycles. The van der Waals surface area contributed by atoms with Crippen LogP contribution in [-0.2, 0) is 14.3 Å². The Balaban J connectivity index is 3.36. The Bertz CT molecular complexity index is 523. The summed E-state index contributed by atoms with van der Waals surface area (Å²) < 4.78 is 11.3. The predicted molar refractivity (Wildman–Crippen MR) is 187 cm³/mol. The van der Waals surface area contributed by atoms with Crippen LogP contribution in [0.3, 0.4) is 0 Å². The zero-order chi connectivity index (χ0) is 31.3. The van der Waals surface area contributed by atoms with Gasteiger partial charge >= 0.3 is 5.97 Å². The molecule has 4 heteroatoms. The molecule has 1 N–H and O–H groups in total. The molecule has 1 atom stereocenters. The van der Waals surface area contributed by atoms with Crippen molar-refractivity contribution >= 4 is 5.97 Å². The molecule has 0 bridgehead atoms. The summed E-state index contributed by atoms with van der Waals surface area (Å²) in [4.78, 5) is 11.5. The van der Waals surface area contributed by atoms with Crippen LogP contribution in [0.4, 0.5) is 0 Å². The lowest BCUT2D eigenvalue weighted by atomic mass is 10.0. The highest BCUT2D eigenvalue weighted by molar-refractivity contribution is 5.72. The van der Waals surface area contributed by atoms with Gasteiger partial charge in [0.25, 0.3) is 0 Å². The number of ether oxygens (including phenoxy) is 2. The van der Waals surface area contributed by atoms with E-state index in [4.69, 9.17) is 9.47 Å². The van der Waals surface area contributed by atoms with Gasteiger partial charge in [-0.1, -0.05) is 206 Å². The fourth-order valence-electron chi connectivity index (χ4n) is 6.01. The van der Waals surface area contributed by atoms with Crippen molar-refractivity contribution in [1.29, 1.82) is 0 Å². The minimum atomic E-state index is -0.900. The van der Waals surface area contributed by atoms with E-state index < -0.39 is 12.1 Å². The summed E-state index contributed by atoms with van der Waals surface area (Å²) in [6, 6.07) is 0. The number of hydrogen-bond acceptors (Lipinski definition) is 3. The summed E-state index contributed by atoms with van der Waals surface area (Å²) in [5, 5.41) is 9.45. The number of carboxylic acid groups (broad SMARTS) is 1. The summed E-state index contributed by atoms with van der Waals surface area (Å²) in [5.74, 6) is -0.900. The van der Waals surface area contributed by atoms with Gasteiger partial charge < -0.3 is 14.6 Å². The second-order valence-corrected chi connectivity index (χ2v) is 13.4. The van der Waals surface area contributed by atoms with Crippen LogP contribution in [-0.4, -0.2) is 37.0 Å². The first-order valence-corrected chi connectivity index (χ1v) is 19.6. The summed E-state index contributed by atoms with van der Waals surface area (Å²) in [6.45, 7) is 5.91. The molecule has 0 spiro atoms. The zero-order valence-corrected chi connectivity index (χ0v) is 29.5. The van der Waals surface area contributed by atoms with Gasteiger partial charge in [-0.05, 0) is 12.8 Å². The molecule has 0 fully saturated rings. The fraction of sp³-hybridized carbons (Fsp3) is 0.974. The number of hydrogen-bond donors (Lipinski definition) is 1. The molecule has 0 aliphatic heterocycles. The standard InChI is InChI=1S/C39H78O4/c1-3-5-7-9-11-13-15-17-19-21-23-25-27-29-31-33-35-42-37-38(39(40)41)43-36-34-32-30-28-26-24-22-20-18-16-14-12-10-8-6-4-2/h38H,3-37H2,1-2H3,(H,40,41)/t38-/m1/s1. The van der Waals surface area contributed by atoms with Crippen molar-refractivity contribution < 1.29 is 19.4 Å². The molecule has 0 heterocycles. The monoisotopic (exact) mass is 611 g/mol. The lowest BCUT2D eigenvalue weighted by Gasteiger charge is -2.14. The van der Waals surface area contributed by atoms with Crippen LogP contribution < -0.4 is 0 Å². The van der Waals surface area contributed by atoms with Gasteiger partial charge in [0.1, 0.15) is 0 Å². The Labute approximate surface area is 270 Å². The van der Waals surface area contributed by atoms with Crippen molar-refractivity contribution in [3.63, 3.8) is 0 Å². The van der Waals surface area contributed by atoms with Crippen molar-refractivity contribution in [3.8, 4) is 0 Å². The van der Waals surface area contributed by atoms with Gasteiger partial charge in [0, 0.05) is 13.2 Å². The molecular weight excluding hydrogens is 532 g/mol. The Morgan fingerprint density at radius 2 is 0.674 bits per heavy atom. The average molecular weight is 611 g/mol. The smallest absolute Gasteiger partial charge is 0.335 e.